The van der Waals surface area contributed by atoms with Crippen molar-refractivity contribution in [3.8, 4) is 16.8 Å². The maximum atomic E-state index is 4.01. The zero-order chi connectivity index (χ0) is 42.1. The van der Waals surface area contributed by atoms with E-state index in [2.05, 4.69) is 156 Å². The van der Waals surface area contributed by atoms with Gasteiger partial charge in [-0.3, -0.25) is 15.0 Å². The molecule has 7 rings (SSSR count). The third-order valence-corrected chi connectivity index (χ3v) is 9.17. The molecule has 0 saturated carbocycles. The summed E-state index contributed by atoms with van der Waals surface area (Å²) in [5.41, 5.74) is 13.4. The molecule has 0 aliphatic heterocycles. The minimum absolute atomic E-state index is 0.636. The number of nitrogens with zero attached hydrogens (tertiary/aromatic N) is 4. The highest BCUT2D eigenvalue weighted by molar-refractivity contribution is 6.12. The number of aliphatic imine (C=N–C) groups is 3. The number of aromatic nitrogens is 1. The molecule has 0 aliphatic rings. The van der Waals surface area contributed by atoms with Gasteiger partial charge in [0.15, 0.2) is 0 Å². The van der Waals surface area contributed by atoms with Crippen LogP contribution in [0.25, 0.3) is 38.6 Å². The molecule has 7 aromatic rings. The Hall–Kier alpha value is -6.59. The van der Waals surface area contributed by atoms with E-state index in [-0.39, 0.29) is 0 Å². The Morgan fingerprint density at radius 1 is 0.621 bits per heavy atom. The van der Waals surface area contributed by atoms with E-state index in [0.29, 0.717) is 6.54 Å². The predicted molar refractivity (Wildman–Crippen MR) is 259 cm³/mol. The normalized spacial score (nSPS) is 10.4. The Morgan fingerprint density at radius 2 is 1.19 bits per heavy atom. The molecule has 0 saturated heterocycles. The van der Waals surface area contributed by atoms with Gasteiger partial charge < -0.3 is 9.88 Å². The topological polar surface area (TPSA) is 54.0 Å². The molecule has 0 fully saturated rings. The van der Waals surface area contributed by atoms with Crippen molar-refractivity contribution in [2.75, 3.05) is 18.9 Å². The van der Waals surface area contributed by atoms with Gasteiger partial charge in [-0.1, -0.05) is 153 Å². The van der Waals surface area contributed by atoms with Crippen LogP contribution >= 0.6 is 0 Å². The number of anilines is 1. The molecule has 0 unspecified atom stereocenters. The molecule has 1 heterocycles. The molecule has 1 N–H and O–H groups in total. The summed E-state index contributed by atoms with van der Waals surface area (Å²) in [5.74, 6) is 0. The smallest absolute Gasteiger partial charge is 0.0632 e. The highest BCUT2D eigenvalue weighted by Gasteiger charge is 2.16. The second kappa shape index (κ2) is 25.5. The second-order valence-electron chi connectivity index (χ2n) is 13.1. The number of allylic oxidation sites excluding steroid dienone is 2. The van der Waals surface area contributed by atoms with Crippen molar-refractivity contribution in [3.05, 3.63) is 192 Å². The third kappa shape index (κ3) is 13.3. The molecular weight excluding hydrogens is 707 g/mol. The van der Waals surface area contributed by atoms with Gasteiger partial charge in [0.1, 0.15) is 0 Å². The predicted octanol–water partition coefficient (Wildman–Crippen LogP) is 14.1. The van der Waals surface area contributed by atoms with E-state index in [4.69, 9.17) is 0 Å². The first-order valence-corrected chi connectivity index (χ1v) is 19.9. The lowest BCUT2D eigenvalue weighted by Gasteiger charge is -2.12. The van der Waals surface area contributed by atoms with Crippen LogP contribution in [0.2, 0.25) is 0 Å². The molecule has 0 amide bonds. The lowest BCUT2D eigenvalue weighted by atomic mass is 10.0. The van der Waals surface area contributed by atoms with Gasteiger partial charge in [-0.25, -0.2) is 0 Å². The van der Waals surface area contributed by atoms with Gasteiger partial charge in [0.2, 0.25) is 0 Å². The zero-order valence-electron chi connectivity index (χ0n) is 35.6. The van der Waals surface area contributed by atoms with Crippen LogP contribution in [-0.4, -0.2) is 38.3 Å². The maximum Gasteiger partial charge on any atom is 0.0632 e. The molecular formula is C53H61N5. The van der Waals surface area contributed by atoms with Gasteiger partial charge in [-0.2, -0.15) is 0 Å². The fourth-order valence-corrected chi connectivity index (χ4v) is 6.33. The van der Waals surface area contributed by atoms with Crippen molar-refractivity contribution in [3.63, 3.8) is 0 Å². The minimum atomic E-state index is 0.636. The first-order valence-electron chi connectivity index (χ1n) is 19.9. The summed E-state index contributed by atoms with van der Waals surface area (Å²) in [7, 11) is 1.98. The van der Waals surface area contributed by atoms with E-state index in [9.17, 15) is 0 Å². The third-order valence-electron chi connectivity index (χ3n) is 9.17. The number of nitrogens with one attached hydrogen (secondary N) is 1. The van der Waals surface area contributed by atoms with Gasteiger partial charge in [-0.15, -0.1) is 0 Å². The maximum absolute atomic E-state index is 4.01. The molecule has 0 atom stereocenters. The van der Waals surface area contributed by atoms with Crippen LogP contribution in [0.5, 0.6) is 0 Å². The Morgan fingerprint density at radius 3 is 1.69 bits per heavy atom. The van der Waals surface area contributed by atoms with Crippen LogP contribution in [0.3, 0.4) is 0 Å². The van der Waals surface area contributed by atoms with Gasteiger partial charge in [-0.05, 0) is 112 Å². The fourth-order valence-electron chi connectivity index (χ4n) is 6.33. The minimum Gasteiger partial charge on any atom is -0.388 e. The van der Waals surface area contributed by atoms with Gasteiger partial charge in [0, 0.05) is 29.2 Å². The highest BCUT2D eigenvalue weighted by Crippen LogP contribution is 2.38. The van der Waals surface area contributed by atoms with E-state index in [1.54, 1.807) is 0 Å². The quantitative estimate of drug-likeness (QED) is 0.109. The van der Waals surface area contributed by atoms with E-state index in [0.717, 1.165) is 24.5 Å². The van der Waals surface area contributed by atoms with Gasteiger partial charge in [0.05, 0.1) is 30.7 Å². The number of hydrogen-bond donors (Lipinski definition) is 1. The summed E-state index contributed by atoms with van der Waals surface area (Å²) < 4.78 is 2.38. The SMILES string of the molecule is C=NCC(/C=C\C)=C/C.C=NCc1ccc(-n2c3ccc(-c4ccccc4)cc3c3ccc(NC)c(C)c32)cc1.C=NCc1ccccc1.CC.Cc1ccccc1. The number of fused-ring (bicyclic) bond motifs is 3. The first kappa shape index (κ1) is 45.8. The van der Waals surface area contributed by atoms with Crippen molar-refractivity contribution < 1.29 is 0 Å². The molecule has 6 aromatic carbocycles. The molecule has 298 valence electrons. The van der Waals surface area contributed by atoms with Gasteiger partial charge in [0.25, 0.3) is 0 Å². The average molecular weight is 768 g/mol. The van der Waals surface area contributed by atoms with Crippen LogP contribution in [0.15, 0.2) is 184 Å². The molecule has 0 radical (unpaired) electrons. The van der Waals surface area contributed by atoms with Crippen LogP contribution in [0.1, 0.15) is 49.9 Å². The molecule has 0 bridgehead atoms. The Bertz CT molecular complexity index is 2330. The van der Waals surface area contributed by atoms with E-state index < -0.39 is 0 Å². The standard InChI is InChI=1S/C28H25N3.C8H9N.C8H13N.C7H8.C2H6/c1-19-26(30-3)15-14-24-25-17-22(21-7-5-4-6-8-21)11-16-27(25)31(28(19)24)23-12-9-20(10-13-23)18-29-2;1-9-7-8-5-3-2-4-6-8;1-4-6-8(5-2)7-9-3;1-7-5-3-2-4-6-7;1-2/h4-17,30H,2,18H2,1,3H3;2-6H,1,7H2;4-6H,3,7H2,1-2H3;2-6H,1H3;1-2H3/b;;6-4-,8-5+;;. The lowest BCUT2D eigenvalue weighted by molar-refractivity contribution is 1.07. The Balaban J connectivity index is 0.000000270. The number of aryl methyl sites for hydroxylation is 2. The molecule has 5 nitrogen and oxygen atoms in total. The summed E-state index contributed by atoms with van der Waals surface area (Å²) in [4.78, 5) is 11.5. The Kier molecular flexibility index (Phi) is 20.2. The summed E-state index contributed by atoms with van der Waals surface area (Å²) in [6.07, 6.45) is 6.07. The molecule has 5 heteroatoms. The van der Waals surface area contributed by atoms with Crippen molar-refractivity contribution in [1.29, 1.82) is 0 Å². The summed E-state index contributed by atoms with van der Waals surface area (Å²) in [6, 6.07) is 50.7. The van der Waals surface area contributed by atoms with Crippen LogP contribution in [0.4, 0.5) is 5.69 Å². The fraction of sp³-hybridized carbons (Fsp3) is 0.189. The summed E-state index contributed by atoms with van der Waals surface area (Å²) >= 11 is 0. The van der Waals surface area contributed by atoms with Gasteiger partial charge >= 0.3 is 0 Å². The molecule has 58 heavy (non-hydrogen) atoms. The largest absolute Gasteiger partial charge is 0.388 e. The Labute approximate surface area is 348 Å². The first-order chi connectivity index (χ1) is 28.4. The summed E-state index contributed by atoms with van der Waals surface area (Å²) in [5, 5.41) is 5.87. The average Bonchev–Trinajstić information content (AvgIpc) is 3.61. The highest BCUT2D eigenvalue weighted by atomic mass is 15.0. The van der Waals surface area contributed by atoms with Crippen LogP contribution < -0.4 is 5.32 Å². The molecule has 0 aliphatic carbocycles. The van der Waals surface area contributed by atoms with Crippen LogP contribution in [0, 0.1) is 13.8 Å². The van der Waals surface area contributed by atoms with Crippen molar-refractivity contribution in [1.82, 2.24) is 4.57 Å². The van der Waals surface area contributed by atoms with E-state index in [1.165, 1.54) is 60.8 Å². The van der Waals surface area contributed by atoms with E-state index in [1.807, 2.05) is 102 Å². The van der Waals surface area contributed by atoms with Crippen molar-refractivity contribution >= 4 is 47.6 Å². The monoisotopic (exact) mass is 767 g/mol. The molecule has 1 aromatic heterocycles. The summed E-state index contributed by atoms with van der Waals surface area (Å²) in [6.45, 7) is 24.8. The zero-order valence-corrected chi connectivity index (χ0v) is 35.6. The van der Waals surface area contributed by atoms with E-state index >= 15 is 0 Å². The van der Waals surface area contributed by atoms with Crippen molar-refractivity contribution in [2.24, 2.45) is 15.0 Å². The number of hydrogen-bond acceptors (Lipinski definition) is 4. The molecule has 0 spiro atoms. The van der Waals surface area contributed by atoms with Crippen LogP contribution in [-0.2, 0) is 13.1 Å². The van der Waals surface area contributed by atoms with Crippen molar-refractivity contribution in [2.45, 2.75) is 54.6 Å². The second-order valence-corrected chi connectivity index (χ2v) is 13.1. The number of rotatable bonds is 10. The lowest BCUT2D eigenvalue weighted by Crippen LogP contribution is -1.98. The number of benzene rings is 6.